The summed E-state index contributed by atoms with van der Waals surface area (Å²) in [7, 11) is -10.1. The van der Waals surface area contributed by atoms with Crippen LogP contribution in [0.25, 0.3) is 0 Å². The van der Waals surface area contributed by atoms with E-state index in [1.54, 1.807) is 0 Å². The molecule has 0 aliphatic heterocycles. The Bertz CT molecular complexity index is 780. The van der Waals surface area contributed by atoms with Crippen LogP contribution >= 0.6 is 15.6 Å². The number of phosphoric acid groups is 2. The number of halogens is 18. The summed E-state index contributed by atoms with van der Waals surface area (Å²) in [5, 5.41) is 0. The zero-order valence-corrected chi connectivity index (χ0v) is 17.5. The van der Waals surface area contributed by atoms with Gasteiger partial charge in [0.2, 0.25) is 0 Å². The molecule has 0 bridgehead atoms. The fourth-order valence-corrected chi connectivity index (χ4v) is 2.39. The SMILES string of the molecule is FC(F)(F)C(F)(F)C(F)(F)C(F)(F)C(F)(F)C(F)(F)C(F)(F)C(F)(F)F.O=P(O)(O)OP(=O)(O)O.[H-].[Li+]. The van der Waals surface area contributed by atoms with Crippen LogP contribution in [0.15, 0.2) is 0 Å². The number of hydrogen-bond acceptors (Lipinski definition) is 3. The van der Waals surface area contributed by atoms with Crippen LogP contribution in [0.1, 0.15) is 1.43 Å². The Hall–Kier alpha value is -0.403. The van der Waals surface area contributed by atoms with Crippen LogP contribution in [0, 0.1) is 0 Å². The number of alkyl halides is 18. The van der Waals surface area contributed by atoms with Crippen molar-refractivity contribution in [2.24, 2.45) is 0 Å². The van der Waals surface area contributed by atoms with E-state index in [0.717, 1.165) is 0 Å². The van der Waals surface area contributed by atoms with Gasteiger partial charge in [-0.3, -0.25) is 0 Å². The fourth-order valence-electron chi connectivity index (χ4n) is 1.28. The molecule has 0 atom stereocenters. The Labute approximate surface area is 196 Å². The van der Waals surface area contributed by atoms with Crippen LogP contribution in [0.2, 0.25) is 0 Å². The minimum Gasteiger partial charge on any atom is -1.00 e. The average Bonchev–Trinajstić information content (AvgIpc) is 2.48. The molecule has 4 N–H and O–H groups in total. The number of rotatable bonds is 7. The minimum atomic E-state index is -8.72. The van der Waals surface area contributed by atoms with Crippen molar-refractivity contribution in [1.82, 2.24) is 0 Å². The summed E-state index contributed by atoms with van der Waals surface area (Å²) in [6, 6.07) is 0. The Morgan fingerprint density at radius 1 is 0.417 bits per heavy atom. The third-order valence-electron chi connectivity index (χ3n) is 2.90. The van der Waals surface area contributed by atoms with Gasteiger partial charge in [0, 0.05) is 0 Å². The van der Waals surface area contributed by atoms with Crippen molar-refractivity contribution < 1.29 is 132 Å². The fraction of sp³-hybridized carbons (Fsp3) is 1.00. The molecule has 0 saturated carbocycles. The molecular formula is C8H5F18LiO7P2. The molecule has 0 saturated heterocycles. The van der Waals surface area contributed by atoms with Crippen molar-refractivity contribution in [1.29, 1.82) is 0 Å². The summed E-state index contributed by atoms with van der Waals surface area (Å²) >= 11 is 0. The molecular weight excluding hydrogens is 619 g/mol. The van der Waals surface area contributed by atoms with E-state index in [1.807, 2.05) is 0 Å². The predicted molar refractivity (Wildman–Crippen MR) is 68.1 cm³/mol. The van der Waals surface area contributed by atoms with Crippen LogP contribution in [-0.4, -0.2) is 67.5 Å². The Morgan fingerprint density at radius 2 is 0.556 bits per heavy atom. The van der Waals surface area contributed by atoms with Gasteiger partial charge in [-0.05, 0) is 0 Å². The molecule has 0 radical (unpaired) electrons. The molecule has 0 aliphatic rings. The second-order valence-corrected chi connectivity index (χ2v) is 8.12. The first-order valence-corrected chi connectivity index (χ1v) is 9.74. The molecule has 0 rings (SSSR count). The van der Waals surface area contributed by atoms with Crippen LogP contribution in [-0.2, 0) is 13.4 Å². The van der Waals surface area contributed by atoms with Crippen molar-refractivity contribution in [3.05, 3.63) is 0 Å². The van der Waals surface area contributed by atoms with Crippen LogP contribution in [0.4, 0.5) is 79.0 Å². The van der Waals surface area contributed by atoms with E-state index >= 15 is 0 Å². The topological polar surface area (TPSA) is 124 Å². The van der Waals surface area contributed by atoms with E-state index in [9.17, 15) is 88.2 Å². The van der Waals surface area contributed by atoms with E-state index in [4.69, 9.17) is 19.6 Å². The molecule has 0 aromatic rings. The Morgan fingerprint density at radius 3 is 0.639 bits per heavy atom. The van der Waals surface area contributed by atoms with Gasteiger partial charge in [-0.15, -0.1) is 0 Å². The maximum Gasteiger partial charge on any atom is 1.00 e. The molecule has 0 aromatic heterocycles. The van der Waals surface area contributed by atoms with Gasteiger partial charge in [0.15, 0.2) is 0 Å². The molecule has 36 heavy (non-hydrogen) atoms. The standard InChI is InChI=1S/C8F18.Li.H4O7P2.H/c9-1(10,3(13,14)5(17,18)7(21,22)23)2(11,12)4(15,16)6(19,20)8(24,25)26;;1-8(2,3)7-9(4,5)6;/h;;(H2,1,2,3)(H2,4,5,6);/q;+1;;-1. The molecule has 0 amide bonds. The molecule has 216 valence electrons. The minimum absolute atomic E-state index is 0. The smallest absolute Gasteiger partial charge is 1.00 e. The number of hydrogen-bond donors (Lipinski definition) is 4. The van der Waals surface area contributed by atoms with Crippen LogP contribution in [0.5, 0.6) is 0 Å². The first kappa shape index (κ1) is 40.1. The second-order valence-electron chi connectivity index (χ2n) is 5.50. The first-order valence-electron chi connectivity index (χ1n) is 6.68. The van der Waals surface area contributed by atoms with Gasteiger partial charge >= 0.3 is 82.4 Å². The van der Waals surface area contributed by atoms with E-state index in [0.29, 0.717) is 0 Å². The third-order valence-corrected chi connectivity index (χ3v) is 4.60. The zero-order valence-electron chi connectivity index (χ0n) is 16.7. The van der Waals surface area contributed by atoms with Gasteiger partial charge in [-0.25, -0.2) is 9.13 Å². The maximum atomic E-state index is 12.8. The monoisotopic (exact) mass is 624 g/mol. The maximum absolute atomic E-state index is 12.8. The van der Waals surface area contributed by atoms with Gasteiger partial charge in [0.25, 0.3) is 0 Å². The largest absolute Gasteiger partial charge is 1.00 e. The molecule has 28 heteroatoms. The summed E-state index contributed by atoms with van der Waals surface area (Å²) in [5.74, 6) is -51.0. The van der Waals surface area contributed by atoms with Gasteiger partial charge in [0.1, 0.15) is 0 Å². The molecule has 0 spiro atoms. The molecule has 0 aromatic carbocycles. The zero-order chi connectivity index (χ0) is 29.7. The van der Waals surface area contributed by atoms with E-state index in [-0.39, 0.29) is 20.3 Å². The normalized spacial score (nSPS) is 15.6. The van der Waals surface area contributed by atoms with Gasteiger partial charge < -0.3 is 21.0 Å². The summed E-state index contributed by atoms with van der Waals surface area (Å²) in [6.45, 7) is 0. The summed E-state index contributed by atoms with van der Waals surface area (Å²) in [6.07, 6.45) is -15.6. The van der Waals surface area contributed by atoms with E-state index < -0.39 is 63.5 Å². The Kier molecular flexibility index (Phi) is 11.8. The molecule has 0 heterocycles. The third kappa shape index (κ3) is 7.59. The van der Waals surface area contributed by atoms with Gasteiger partial charge in [0.05, 0.1) is 0 Å². The van der Waals surface area contributed by atoms with E-state index in [2.05, 4.69) is 4.31 Å². The molecule has 7 nitrogen and oxygen atoms in total. The van der Waals surface area contributed by atoms with Gasteiger partial charge in [-0.2, -0.15) is 83.3 Å². The average molecular weight is 624 g/mol. The summed E-state index contributed by atoms with van der Waals surface area (Å²) in [4.78, 5) is 31.0. The van der Waals surface area contributed by atoms with Crippen molar-refractivity contribution in [3.63, 3.8) is 0 Å². The van der Waals surface area contributed by atoms with Crippen LogP contribution < -0.4 is 18.9 Å². The molecule has 0 aliphatic carbocycles. The quantitative estimate of drug-likeness (QED) is 0.195. The van der Waals surface area contributed by atoms with E-state index in [1.165, 1.54) is 0 Å². The first-order chi connectivity index (χ1) is 14.5. The Balaban J connectivity index is -0.000000422. The van der Waals surface area contributed by atoms with Crippen molar-refractivity contribution in [2.75, 3.05) is 0 Å². The summed E-state index contributed by atoms with van der Waals surface area (Å²) in [5.41, 5.74) is 0. The molecule has 0 unspecified atom stereocenters. The molecule has 0 fully saturated rings. The second kappa shape index (κ2) is 10.6. The van der Waals surface area contributed by atoms with Crippen molar-refractivity contribution in [3.8, 4) is 0 Å². The van der Waals surface area contributed by atoms with Crippen molar-refractivity contribution in [2.45, 2.75) is 47.9 Å². The summed E-state index contributed by atoms with van der Waals surface area (Å²) < 4.78 is 243. The van der Waals surface area contributed by atoms with Crippen LogP contribution in [0.3, 0.4) is 0 Å². The van der Waals surface area contributed by atoms with Gasteiger partial charge in [-0.1, -0.05) is 0 Å². The predicted octanol–water partition coefficient (Wildman–Crippen LogP) is 2.23. The van der Waals surface area contributed by atoms with Crippen molar-refractivity contribution >= 4 is 15.6 Å².